The molecule has 7 rings (SSSR count). The summed E-state index contributed by atoms with van der Waals surface area (Å²) in [5, 5.41) is 31.5. The first kappa shape index (κ1) is 64.8. The van der Waals surface area contributed by atoms with Crippen molar-refractivity contribution in [1.29, 1.82) is 0 Å². The van der Waals surface area contributed by atoms with E-state index in [4.69, 9.17) is 18.9 Å². The van der Waals surface area contributed by atoms with Gasteiger partial charge in [-0.3, -0.25) is 14.4 Å². The first-order chi connectivity index (χ1) is 40.4. The van der Waals surface area contributed by atoms with Crippen LogP contribution in [0.4, 0.5) is 10.1 Å². The Bertz CT molecular complexity index is 3010. The van der Waals surface area contributed by atoms with Crippen molar-refractivity contribution in [3.63, 3.8) is 0 Å². The normalized spacial score (nSPS) is 15.8. The lowest BCUT2D eigenvalue weighted by atomic mass is 9.96. The van der Waals surface area contributed by atoms with Gasteiger partial charge < -0.3 is 63.8 Å². The number of aromatic nitrogens is 4. The van der Waals surface area contributed by atoms with E-state index in [0.717, 1.165) is 78.2 Å². The minimum Gasteiger partial charge on any atom is -0.494 e. The average molecular weight is 1190 g/mol. The number of halogens is 1. The molecule has 2 aliphatic heterocycles. The Morgan fingerprint density at radius 2 is 1.56 bits per heavy atom. The van der Waals surface area contributed by atoms with Crippen molar-refractivity contribution >= 4 is 55.6 Å². The molecule has 4 atom stereocenters. The summed E-state index contributed by atoms with van der Waals surface area (Å²) in [7, 11) is 1.12. The molecule has 1 fully saturated rings. The number of anilines is 1. The number of hydrogen-bond donors (Lipinski definition) is 5. The van der Waals surface area contributed by atoms with Gasteiger partial charge in [0.25, 0.3) is 5.91 Å². The Balaban J connectivity index is 0.676. The predicted molar refractivity (Wildman–Crippen MR) is 324 cm³/mol. The molecule has 84 heavy (non-hydrogen) atoms. The fraction of sp³-hybridized carbons (Fsp3) is 0.525. The van der Waals surface area contributed by atoms with Crippen LogP contribution in [0.3, 0.4) is 0 Å². The van der Waals surface area contributed by atoms with E-state index >= 15 is 4.39 Å². The Hall–Kier alpha value is -6.76. The molecule has 2 aliphatic rings. The Labute approximate surface area is 498 Å². The second-order valence-corrected chi connectivity index (χ2v) is 25.1. The zero-order valence-corrected chi connectivity index (χ0v) is 51.5. The molecule has 0 bridgehead atoms. The number of likely N-dealkylation sites (N-methyl/N-ethyl adjacent to an activating group) is 1. The van der Waals surface area contributed by atoms with Crippen molar-refractivity contribution in [2.24, 2.45) is 17.5 Å². The minimum absolute atomic E-state index is 0.0970. The molecule has 0 spiro atoms. The summed E-state index contributed by atoms with van der Waals surface area (Å²) in [4.78, 5) is 51.8. The van der Waals surface area contributed by atoms with Gasteiger partial charge >= 0.3 is 8.84 Å². The van der Waals surface area contributed by atoms with Gasteiger partial charge in [0.15, 0.2) is 11.6 Å². The van der Waals surface area contributed by atoms with E-state index in [0.29, 0.717) is 94.3 Å². The zero-order valence-electron chi connectivity index (χ0n) is 49.7. The van der Waals surface area contributed by atoms with Crippen LogP contribution in [0.5, 0.6) is 5.75 Å². The van der Waals surface area contributed by atoms with Gasteiger partial charge in [-0.1, -0.05) is 63.9 Å². The largest absolute Gasteiger partial charge is 0.494 e. The summed E-state index contributed by atoms with van der Waals surface area (Å²) >= 11 is 1.58. The highest BCUT2D eigenvalue weighted by atomic mass is 32.1. The molecule has 3 amide bonds. The third-order valence-corrected chi connectivity index (χ3v) is 18.2. The fourth-order valence-corrected chi connectivity index (χ4v) is 12.8. The lowest BCUT2D eigenvalue weighted by Crippen LogP contribution is -2.59. The number of carbonyl (C=O) groups is 3. The Kier molecular flexibility index (Phi) is 25.1. The number of aliphatic imine (C=N–C) groups is 1. The molecule has 20 nitrogen and oxygen atoms in total. The number of nitrogens with zero attached hydrogens (tertiary/aromatic N) is 7. The quantitative estimate of drug-likeness (QED) is 0.0193. The standard InChI is InChI=1S/C61H84FN11O9SSi/c1-42(67-58(76)46-16-15-17-47(34-46)63-38-54-69-70-57(72(54)7)52-25-26-71(6)40-65-52)50-36-49(23-24-51(50)62)82-29-14-9-8-12-27-79-30-32-81-33-31-80-28-13-10-11-18-55(75)68-60(61(3,4)5)84(78)73-39-48(74)35-53(73)59(77)64-37-44-19-21-45(22-20-44)56-43(2)66-41-83-56/h15-17,19-25,34,36,40-42,48,53,60,63,74H,8-14,18,26-33,35,37-39H2,1-7H3,(H,64,77)(H,67,76)(H,68,75)/t42-,48+,53-,60+/m0/s1. The van der Waals surface area contributed by atoms with Gasteiger partial charge in [-0.05, 0) is 105 Å². The van der Waals surface area contributed by atoms with Crippen LogP contribution in [0.15, 0.2) is 83.3 Å². The van der Waals surface area contributed by atoms with E-state index in [1.807, 2.05) is 93.2 Å². The first-order valence-electron chi connectivity index (χ1n) is 29.1. The number of nitrogens with one attached hydrogen (secondary N) is 4. The molecule has 0 saturated carbocycles. The lowest BCUT2D eigenvalue weighted by Gasteiger charge is -2.34. The topological polar surface area (TPSA) is 236 Å². The number of aryl methyl sites for hydroxylation is 1. The van der Waals surface area contributed by atoms with Crippen LogP contribution in [0.1, 0.15) is 130 Å². The van der Waals surface area contributed by atoms with Crippen LogP contribution in [0.2, 0.25) is 0 Å². The molecule has 5 aromatic rings. The van der Waals surface area contributed by atoms with Crippen LogP contribution in [0.25, 0.3) is 16.1 Å². The second kappa shape index (κ2) is 32.5. The van der Waals surface area contributed by atoms with Crippen molar-refractivity contribution in [2.75, 3.05) is 71.7 Å². The Morgan fingerprint density at radius 1 is 0.857 bits per heavy atom. The van der Waals surface area contributed by atoms with E-state index in [1.54, 1.807) is 59.5 Å². The minimum atomic E-state index is -2.72. The van der Waals surface area contributed by atoms with E-state index in [1.165, 1.54) is 6.07 Å². The SMILES string of the molecule is Cc1ncsc1-c1ccc(CNC(=O)[C@@H]2C[C@@H](O)CN2[Si](=O)[C@@H](NC(=O)CCCCCOCCOCCOCCCCCCOc2ccc(F)c([C@H](C)NC(=O)c3cccc(NCc4nnc(C5=CCN(C)C=N5)n4C)c3)c2)C(C)(C)C)cc1. The molecule has 23 heteroatoms. The summed E-state index contributed by atoms with van der Waals surface area (Å²) < 4.78 is 55.8. The second-order valence-electron chi connectivity index (χ2n) is 22.4. The predicted octanol–water partition coefficient (Wildman–Crippen LogP) is 8.09. The maximum atomic E-state index is 15.0. The van der Waals surface area contributed by atoms with Gasteiger partial charge in [-0.2, -0.15) is 0 Å². The highest BCUT2D eigenvalue weighted by Gasteiger charge is 2.46. The van der Waals surface area contributed by atoms with Gasteiger partial charge in [-0.15, -0.1) is 21.5 Å². The number of unbranched alkanes of at least 4 members (excludes halogenated alkanes) is 5. The van der Waals surface area contributed by atoms with Gasteiger partial charge in [0.05, 0.1) is 79.8 Å². The molecule has 0 aliphatic carbocycles. The summed E-state index contributed by atoms with van der Waals surface area (Å²) in [6.07, 6.45) is 9.29. The third-order valence-electron chi connectivity index (χ3n) is 14.6. The lowest BCUT2D eigenvalue weighted by molar-refractivity contribution is -0.124. The summed E-state index contributed by atoms with van der Waals surface area (Å²) in [5.74, 6) is 0.662. The van der Waals surface area contributed by atoms with Crippen LogP contribution in [-0.2, 0) is 48.4 Å². The van der Waals surface area contributed by atoms with Crippen molar-refractivity contribution in [2.45, 2.75) is 129 Å². The number of thiazole rings is 1. The number of β-amino-alcohol motifs (C(OH)–C–C–N with tert-alkyl or cyclic N) is 1. The molecular weight excluding hydrogens is 1110 g/mol. The van der Waals surface area contributed by atoms with E-state index < -0.39 is 43.9 Å². The fourth-order valence-electron chi connectivity index (χ4n) is 9.70. The molecule has 2 aromatic heterocycles. The van der Waals surface area contributed by atoms with Crippen molar-refractivity contribution in [3.05, 3.63) is 118 Å². The number of rotatable bonds is 34. The van der Waals surface area contributed by atoms with Gasteiger partial charge in [0.2, 0.25) is 11.8 Å². The Morgan fingerprint density at radius 3 is 2.24 bits per heavy atom. The van der Waals surface area contributed by atoms with Crippen molar-refractivity contribution in [3.8, 4) is 16.2 Å². The van der Waals surface area contributed by atoms with Crippen LogP contribution >= 0.6 is 11.3 Å². The number of aliphatic hydroxyl groups excluding tert-OH is 1. The van der Waals surface area contributed by atoms with Gasteiger partial charge in [-0.25, -0.2) is 14.4 Å². The molecule has 1 saturated heterocycles. The maximum absolute atomic E-state index is 15.0. The summed E-state index contributed by atoms with van der Waals surface area (Å²) in [6, 6.07) is 18.3. The number of ether oxygens (including phenoxy) is 4. The molecule has 454 valence electrons. The number of hydrogen-bond acceptors (Lipinski definition) is 16. The van der Waals surface area contributed by atoms with Crippen molar-refractivity contribution < 1.29 is 47.3 Å². The molecule has 4 heterocycles. The molecular formula is C61H84FN11O9SSi. The number of aliphatic hydroxyl groups is 1. The highest BCUT2D eigenvalue weighted by molar-refractivity contribution is 7.13. The molecule has 0 unspecified atom stereocenters. The van der Waals surface area contributed by atoms with E-state index in [-0.39, 0.29) is 37.1 Å². The smallest absolute Gasteiger partial charge is 0.419 e. The maximum Gasteiger partial charge on any atom is 0.419 e. The average Bonchev–Trinajstić information content (AvgIpc) is 4.36. The van der Waals surface area contributed by atoms with Crippen LogP contribution in [-0.4, -0.2) is 151 Å². The number of carbonyl (C=O) groups excluding carboxylic acids is 3. The molecule has 5 N–H and O–H groups in total. The monoisotopic (exact) mass is 1190 g/mol. The molecule has 3 aromatic carbocycles. The summed E-state index contributed by atoms with van der Waals surface area (Å²) in [5.41, 5.74) is 5.78. The van der Waals surface area contributed by atoms with Gasteiger partial charge in [0.1, 0.15) is 23.3 Å². The molecule has 0 radical (unpaired) electrons. The highest BCUT2D eigenvalue weighted by Crippen LogP contribution is 2.29. The van der Waals surface area contributed by atoms with Crippen molar-refractivity contribution in [1.82, 2.24) is 45.2 Å². The third kappa shape index (κ3) is 19.7. The van der Waals surface area contributed by atoms with Gasteiger partial charge in [0, 0.05) is 76.6 Å². The number of benzene rings is 3. The number of amides is 3. The first-order valence-corrected chi connectivity index (χ1v) is 31.4. The van der Waals surface area contributed by atoms with Crippen LogP contribution < -0.4 is 26.0 Å². The summed E-state index contributed by atoms with van der Waals surface area (Å²) in [6.45, 7) is 14.5. The zero-order chi connectivity index (χ0) is 60.0. The van der Waals surface area contributed by atoms with Crippen LogP contribution in [0, 0.1) is 18.2 Å². The van der Waals surface area contributed by atoms with E-state index in [2.05, 4.69) is 41.4 Å². The van der Waals surface area contributed by atoms with E-state index in [9.17, 15) is 24.0 Å².